The molecule has 0 N–H and O–H groups in total. The first-order valence-corrected chi connectivity index (χ1v) is 7.60. The maximum absolute atomic E-state index is 5.95. The second-order valence-electron chi connectivity index (χ2n) is 5.06. The van der Waals surface area contributed by atoms with E-state index in [0.29, 0.717) is 11.8 Å². The molecule has 1 aromatic carbocycles. The van der Waals surface area contributed by atoms with Crippen LogP contribution in [-0.4, -0.2) is 14.8 Å². The molecule has 0 aliphatic carbocycles. The number of nitrogens with zero attached hydrogens (tertiary/aromatic N) is 3. The van der Waals surface area contributed by atoms with Gasteiger partial charge in [0.05, 0.1) is 5.88 Å². The standard InChI is InChI=1S/C14H17BrClN3/c1-9(2)8-19-13(7-16)17-18-14(19)11-5-4-10(3)6-12(11)15/h4-6,9H,7-8H2,1-3H3. The van der Waals surface area contributed by atoms with Crippen LogP contribution in [0.25, 0.3) is 11.4 Å². The van der Waals surface area contributed by atoms with Gasteiger partial charge in [-0.25, -0.2) is 0 Å². The lowest BCUT2D eigenvalue weighted by molar-refractivity contribution is 0.515. The molecule has 1 heterocycles. The molecule has 0 atom stereocenters. The van der Waals surface area contributed by atoms with Crippen LogP contribution in [0.4, 0.5) is 0 Å². The van der Waals surface area contributed by atoms with Crippen molar-refractivity contribution in [1.29, 1.82) is 0 Å². The Kier molecular flexibility index (Phi) is 4.63. The van der Waals surface area contributed by atoms with E-state index in [9.17, 15) is 0 Å². The van der Waals surface area contributed by atoms with Crippen molar-refractivity contribution in [1.82, 2.24) is 14.8 Å². The van der Waals surface area contributed by atoms with Gasteiger partial charge in [-0.15, -0.1) is 21.8 Å². The second kappa shape index (κ2) is 6.06. The van der Waals surface area contributed by atoms with E-state index >= 15 is 0 Å². The molecule has 0 fully saturated rings. The molecular formula is C14H17BrClN3. The SMILES string of the molecule is Cc1ccc(-c2nnc(CCl)n2CC(C)C)c(Br)c1. The summed E-state index contributed by atoms with van der Waals surface area (Å²) in [5.74, 6) is 2.58. The van der Waals surface area contributed by atoms with E-state index in [2.05, 4.69) is 69.7 Å². The van der Waals surface area contributed by atoms with Gasteiger partial charge >= 0.3 is 0 Å². The first-order chi connectivity index (χ1) is 9.02. The summed E-state index contributed by atoms with van der Waals surface area (Å²) in [7, 11) is 0. The summed E-state index contributed by atoms with van der Waals surface area (Å²) in [5.41, 5.74) is 2.26. The molecule has 1 aromatic heterocycles. The smallest absolute Gasteiger partial charge is 0.165 e. The summed E-state index contributed by atoms with van der Waals surface area (Å²) < 4.78 is 3.14. The van der Waals surface area contributed by atoms with Crippen molar-refractivity contribution in [2.24, 2.45) is 5.92 Å². The van der Waals surface area contributed by atoms with Gasteiger partial charge in [0.1, 0.15) is 5.82 Å². The molecule has 0 saturated heterocycles. The van der Waals surface area contributed by atoms with Crippen LogP contribution in [0, 0.1) is 12.8 Å². The van der Waals surface area contributed by atoms with Crippen LogP contribution in [0.1, 0.15) is 25.2 Å². The molecule has 2 rings (SSSR count). The number of hydrogen-bond donors (Lipinski definition) is 0. The first-order valence-electron chi connectivity index (χ1n) is 6.27. The van der Waals surface area contributed by atoms with Gasteiger partial charge in [0.2, 0.25) is 0 Å². The molecule has 3 nitrogen and oxygen atoms in total. The highest BCUT2D eigenvalue weighted by atomic mass is 79.9. The maximum Gasteiger partial charge on any atom is 0.165 e. The fourth-order valence-corrected chi connectivity index (χ4v) is 2.86. The lowest BCUT2D eigenvalue weighted by atomic mass is 10.1. The van der Waals surface area contributed by atoms with Gasteiger partial charge in [-0.3, -0.25) is 0 Å². The molecular weight excluding hydrogens is 326 g/mol. The summed E-state index contributed by atoms with van der Waals surface area (Å²) in [4.78, 5) is 0. The van der Waals surface area contributed by atoms with Crippen molar-refractivity contribution in [3.8, 4) is 11.4 Å². The Morgan fingerprint density at radius 3 is 2.63 bits per heavy atom. The quantitative estimate of drug-likeness (QED) is 0.771. The minimum Gasteiger partial charge on any atom is -0.310 e. The molecule has 0 spiro atoms. The number of rotatable bonds is 4. The summed E-state index contributed by atoms with van der Waals surface area (Å²) >= 11 is 9.55. The zero-order chi connectivity index (χ0) is 14.0. The molecule has 0 saturated carbocycles. The van der Waals surface area contributed by atoms with E-state index in [1.54, 1.807) is 0 Å². The van der Waals surface area contributed by atoms with Crippen LogP contribution in [0.15, 0.2) is 22.7 Å². The Morgan fingerprint density at radius 2 is 2.05 bits per heavy atom. The molecule has 0 aliphatic heterocycles. The predicted molar refractivity (Wildman–Crippen MR) is 82.3 cm³/mol. The van der Waals surface area contributed by atoms with Crippen molar-refractivity contribution < 1.29 is 0 Å². The number of alkyl halides is 1. The highest BCUT2D eigenvalue weighted by molar-refractivity contribution is 9.10. The van der Waals surface area contributed by atoms with Gasteiger partial charge < -0.3 is 4.57 Å². The summed E-state index contributed by atoms with van der Waals surface area (Å²) in [6, 6.07) is 6.23. The average Bonchev–Trinajstić information content (AvgIpc) is 2.71. The first kappa shape index (κ1) is 14.5. The van der Waals surface area contributed by atoms with Crippen LogP contribution in [0.2, 0.25) is 0 Å². The van der Waals surface area contributed by atoms with E-state index < -0.39 is 0 Å². The number of hydrogen-bond acceptors (Lipinski definition) is 2. The molecule has 5 heteroatoms. The van der Waals surface area contributed by atoms with Crippen LogP contribution >= 0.6 is 27.5 Å². The largest absolute Gasteiger partial charge is 0.310 e. The van der Waals surface area contributed by atoms with E-state index in [0.717, 1.165) is 28.2 Å². The zero-order valence-corrected chi connectivity index (χ0v) is 13.7. The van der Waals surface area contributed by atoms with Crippen molar-refractivity contribution in [3.63, 3.8) is 0 Å². The van der Waals surface area contributed by atoms with Crippen LogP contribution in [0.3, 0.4) is 0 Å². The van der Waals surface area contributed by atoms with Gasteiger partial charge in [-0.05, 0) is 30.5 Å². The summed E-state index contributed by atoms with van der Waals surface area (Å²) in [6.07, 6.45) is 0. The van der Waals surface area contributed by atoms with Gasteiger partial charge in [0.25, 0.3) is 0 Å². The van der Waals surface area contributed by atoms with Crippen LogP contribution < -0.4 is 0 Å². The molecule has 102 valence electrons. The number of aromatic nitrogens is 3. The van der Waals surface area contributed by atoms with Crippen LogP contribution in [0.5, 0.6) is 0 Å². The maximum atomic E-state index is 5.95. The van der Waals surface area contributed by atoms with Crippen LogP contribution in [-0.2, 0) is 12.4 Å². The predicted octanol–water partition coefficient (Wildman–Crippen LogP) is 4.41. The number of halogens is 2. The minimum atomic E-state index is 0.378. The molecule has 0 radical (unpaired) electrons. The summed E-state index contributed by atoms with van der Waals surface area (Å²) in [6.45, 7) is 7.28. The van der Waals surface area contributed by atoms with Crippen molar-refractivity contribution >= 4 is 27.5 Å². The Bertz CT molecular complexity index is 578. The monoisotopic (exact) mass is 341 g/mol. The third-order valence-electron chi connectivity index (χ3n) is 2.86. The van der Waals surface area contributed by atoms with Crippen molar-refractivity contribution in [2.75, 3.05) is 0 Å². The van der Waals surface area contributed by atoms with E-state index in [1.165, 1.54) is 5.56 Å². The third kappa shape index (κ3) is 3.18. The van der Waals surface area contributed by atoms with Gasteiger partial charge in [0, 0.05) is 16.6 Å². The number of aryl methyl sites for hydroxylation is 1. The second-order valence-corrected chi connectivity index (χ2v) is 6.18. The lowest BCUT2D eigenvalue weighted by Crippen LogP contribution is -2.09. The zero-order valence-electron chi connectivity index (χ0n) is 11.3. The average molecular weight is 343 g/mol. The highest BCUT2D eigenvalue weighted by Crippen LogP contribution is 2.29. The van der Waals surface area contributed by atoms with Crippen molar-refractivity contribution in [2.45, 2.75) is 33.2 Å². The topological polar surface area (TPSA) is 30.7 Å². The molecule has 2 aromatic rings. The Hall–Kier alpha value is -0.870. The van der Waals surface area contributed by atoms with Gasteiger partial charge in [-0.1, -0.05) is 35.8 Å². The molecule has 0 aliphatic rings. The molecule has 0 amide bonds. The van der Waals surface area contributed by atoms with Gasteiger partial charge in [-0.2, -0.15) is 0 Å². The fraction of sp³-hybridized carbons (Fsp3) is 0.429. The van der Waals surface area contributed by atoms with E-state index in [-0.39, 0.29) is 0 Å². The number of benzene rings is 1. The molecule has 0 unspecified atom stereocenters. The third-order valence-corrected chi connectivity index (χ3v) is 3.76. The van der Waals surface area contributed by atoms with Crippen molar-refractivity contribution in [3.05, 3.63) is 34.1 Å². The van der Waals surface area contributed by atoms with E-state index in [1.807, 2.05) is 0 Å². The highest BCUT2D eigenvalue weighted by Gasteiger charge is 2.16. The Balaban J connectivity index is 2.52. The summed E-state index contributed by atoms with van der Waals surface area (Å²) in [5, 5.41) is 8.49. The Labute approximate surface area is 127 Å². The van der Waals surface area contributed by atoms with Gasteiger partial charge in [0.15, 0.2) is 5.82 Å². The molecule has 19 heavy (non-hydrogen) atoms. The fourth-order valence-electron chi connectivity index (χ4n) is 1.99. The molecule has 0 bridgehead atoms. The van der Waals surface area contributed by atoms with E-state index in [4.69, 9.17) is 11.6 Å². The minimum absolute atomic E-state index is 0.378. The Morgan fingerprint density at radius 1 is 1.32 bits per heavy atom. The lowest BCUT2D eigenvalue weighted by Gasteiger charge is -2.12. The normalized spacial score (nSPS) is 11.3.